The van der Waals surface area contributed by atoms with Crippen molar-refractivity contribution in [2.45, 2.75) is 38.6 Å². The van der Waals surface area contributed by atoms with Gasteiger partial charge in [0.15, 0.2) is 0 Å². The van der Waals surface area contributed by atoms with Crippen LogP contribution in [0, 0.1) is 17.8 Å². The van der Waals surface area contributed by atoms with Crippen molar-refractivity contribution in [3.63, 3.8) is 0 Å². The smallest absolute Gasteiger partial charge is 0.0701 e. The van der Waals surface area contributed by atoms with Crippen molar-refractivity contribution in [3.8, 4) is 0 Å². The molecule has 3 unspecified atom stereocenters. The second kappa shape index (κ2) is 5.02. The molecule has 3 atom stereocenters. The highest BCUT2D eigenvalue weighted by Gasteiger charge is 2.54. The predicted molar refractivity (Wildman–Crippen MR) is 77.4 cm³/mol. The van der Waals surface area contributed by atoms with E-state index in [2.05, 4.69) is 40.3 Å². The molecule has 17 heavy (non-hydrogen) atoms. The van der Waals surface area contributed by atoms with E-state index in [-0.39, 0.29) is 0 Å². The third-order valence-electron chi connectivity index (χ3n) is 4.43. The largest absolute Gasteiger partial charge is 0.309 e. The number of hydrogen-bond donors (Lipinski definition) is 1. The monoisotopic (exact) mass is 313 g/mol. The Bertz CT molecular complexity index is 377. The summed E-state index contributed by atoms with van der Waals surface area (Å²) >= 11 is 5.49. The second-order valence-corrected chi connectivity index (χ2v) is 7.86. The van der Waals surface area contributed by atoms with Gasteiger partial charge in [-0.15, -0.1) is 11.3 Å². The zero-order valence-electron chi connectivity index (χ0n) is 10.3. The first-order valence-corrected chi connectivity index (χ1v) is 8.41. The van der Waals surface area contributed by atoms with Crippen LogP contribution >= 0.6 is 27.3 Å². The van der Waals surface area contributed by atoms with Gasteiger partial charge in [0.1, 0.15) is 0 Å². The SMILES string of the molecule is CCNC(c1ccc(Br)s1)C1C2CCCCC21. The molecule has 3 heteroatoms. The van der Waals surface area contributed by atoms with Gasteiger partial charge in [-0.25, -0.2) is 0 Å². The van der Waals surface area contributed by atoms with Crippen molar-refractivity contribution in [2.24, 2.45) is 17.8 Å². The van der Waals surface area contributed by atoms with Gasteiger partial charge in [-0.05, 0) is 65.2 Å². The lowest BCUT2D eigenvalue weighted by Crippen LogP contribution is -2.22. The molecule has 0 radical (unpaired) electrons. The number of halogens is 1. The summed E-state index contributed by atoms with van der Waals surface area (Å²) in [6.45, 7) is 3.30. The Kier molecular flexibility index (Phi) is 3.60. The molecule has 0 bridgehead atoms. The zero-order valence-corrected chi connectivity index (χ0v) is 12.7. The van der Waals surface area contributed by atoms with Gasteiger partial charge in [-0.2, -0.15) is 0 Å². The number of rotatable bonds is 4. The van der Waals surface area contributed by atoms with Crippen LogP contribution in [0.5, 0.6) is 0 Å². The van der Waals surface area contributed by atoms with Crippen molar-refractivity contribution >= 4 is 27.3 Å². The van der Waals surface area contributed by atoms with E-state index >= 15 is 0 Å². The van der Waals surface area contributed by atoms with Crippen molar-refractivity contribution in [1.29, 1.82) is 0 Å². The molecule has 1 N–H and O–H groups in total. The van der Waals surface area contributed by atoms with Crippen LogP contribution in [0.4, 0.5) is 0 Å². The number of nitrogens with one attached hydrogen (secondary N) is 1. The second-order valence-electron chi connectivity index (χ2n) is 5.37. The van der Waals surface area contributed by atoms with E-state index in [0.29, 0.717) is 6.04 Å². The summed E-state index contributed by atoms with van der Waals surface area (Å²) in [4.78, 5) is 1.53. The lowest BCUT2D eigenvalue weighted by atomic mass is 10.0. The molecule has 1 aromatic rings. The van der Waals surface area contributed by atoms with Gasteiger partial charge in [-0.1, -0.05) is 19.8 Å². The Hall–Kier alpha value is 0.140. The van der Waals surface area contributed by atoms with Crippen LogP contribution < -0.4 is 5.32 Å². The molecule has 3 rings (SSSR count). The standard InChI is InChI=1S/C14H20BrNS/c1-2-16-14(11-7-8-12(15)17-11)13-9-5-3-4-6-10(9)13/h7-10,13-14,16H,2-6H2,1H3. The van der Waals surface area contributed by atoms with Gasteiger partial charge >= 0.3 is 0 Å². The first-order valence-electron chi connectivity index (χ1n) is 6.80. The Morgan fingerprint density at radius 3 is 2.59 bits per heavy atom. The summed E-state index contributed by atoms with van der Waals surface area (Å²) in [5.74, 6) is 2.96. The maximum absolute atomic E-state index is 3.72. The maximum Gasteiger partial charge on any atom is 0.0701 e. The van der Waals surface area contributed by atoms with E-state index in [0.717, 1.165) is 24.3 Å². The molecular formula is C14H20BrNS. The van der Waals surface area contributed by atoms with Gasteiger partial charge in [0, 0.05) is 10.9 Å². The summed E-state index contributed by atoms with van der Waals surface area (Å²) < 4.78 is 1.26. The Morgan fingerprint density at radius 1 is 1.35 bits per heavy atom. The van der Waals surface area contributed by atoms with Gasteiger partial charge < -0.3 is 5.32 Å². The molecule has 2 fully saturated rings. The molecule has 2 aliphatic carbocycles. The van der Waals surface area contributed by atoms with Crippen molar-refractivity contribution in [1.82, 2.24) is 5.32 Å². The van der Waals surface area contributed by atoms with Gasteiger partial charge in [0.05, 0.1) is 3.79 Å². The van der Waals surface area contributed by atoms with Gasteiger partial charge in [0.2, 0.25) is 0 Å². The minimum atomic E-state index is 0.615. The molecule has 2 aliphatic rings. The fraction of sp³-hybridized carbons (Fsp3) is 0.714. The van der Waals surface area contributed by atoms with Crippen LogP contribution in [0.25, 0.3) is 0 Å². The fourth-order valence-electron chi connectivity index (χ4n) is 3.68. The number of hydrogen-bond acceptors (Lipinski definition) is 2. The van der Waals surface area contributed by atoms with Crippen LogP contribution in [-0.4, -0.2) is 6.54 Å². The first kappa shape index (κ1) is 12.2. The molecule has 0 aliphatic heterocycles. The molecular weight excluding hydrogens is 294 g/mol. The Balaban J connectivity index is 1.76. The van der Waals surface area contributed by atoms with E-state index in [1.807, 2.05) is 11.3 Å². The molecule has 1 heterocycles. The molecule has 0 spiro atoms. The summed E-state index contributed by atoms with van der Waals surface area (Å²) in [6.07, 6.45) is 5.88. The van der Waals surface area contributed by atoms with Crippen molar-refractivity contribution < 1.29 is 0 Å². The first-order chi connectivity index (χ1) is 8.31. The highest BCUT2D eigenvalue weighted by Crippen LogP contribution is 2.60. The lowest BCUT2D eigenvalue weighted by Gasteiger charge is -2.16. The fourth-order valence-corrected chi connectivity index (χ4v) is 5.24. The molecule has 0 saturated heterocycles. The summed E-state index contributed by atoms with van der Waals surface area (Å²) in [6, 6.07) is 5.10. The third-order valence-corrected chi connectivity index (χ3v) is 6.14. The van der Waals surface area contributed by atoms with Crippen molar-refractivity contribution in [3.05, 3.63) is 20.8 Å². The maximum atomic E-state index is 3.72. The van der Waals surface area contributed by atoms with E-state index < -0.39 is 0 Å². The highest BCUT2D eigenvalue weighted by atomic mass is 79.9. The quantitative estimate of drug-likeness (QED) is 0.856. The topological polar surface area (TPSA) is 12.0 Å². The molecule has 94 valence electrons. The zero-order chi connectivity index (χ0) is 11.8. The molecule has 0 amide bonds. The van der Waals surface area contributed by atoms with Crippen LogP contribution in [-0.2, 0) is 0 Å². The highest BCUT2D eigenvalue weighted by molar-refractivity contribution is 9.11. The normalized spacial score (nSPS) is 33.2. The minimum absolute atomic E-state index is 0.615. The molecule has 0 aromatic carbocycles. The average molecular weight is 314 g/mol. The predicted octanol–water partition coefficient (Wildman–Crippen LogP) is 4.60. The van der Waals surface area contributed by atoms with E-state index in [9.17, 15) is 0 Å². The van der Waals surface area contributed by atoms with Crippen LogP contribution in [0.15, 0.2) is 15.9 Å². The Labute approximate surface area is 116 Å². The minimum Gasteiger partial charge on any atom is -0.309 e. The average Bonchev–Trinajstić information content (AvgIpc) is 2.90. The molecule has 1 nitrogen and oxygen atoms in total. The van der Waals surface area contributed by atoms with Crippen LogP contribution in [0.3, 0.4) is 0 Å². The Morgan fingerprint density at radius 2 is 2.06 bits per heavy atom. The van der Waals surface area contributed by atoms with E-state index in [1.54, 1.807) is 0 Å². The lowest BCUT2D eigenvalue weighted by molar-refractivity contribution is 0.463. The van der Waals surface area contributed by atoms with Crippen molar-refractivity contribution in [2.75, 3.05) is 6.54 Å². The summed E-state index contributed by atoms with van der Waals surface area (Å²) in [5, 5.41) is 3.72. The molecule has 2 saturated carbocycles. The molecule has 1 aromatic heterocycles. The van der Waals surface area contributed by atoms with Crippen LogP contribution in [0.2, 0.25) is 0 Å². The summed E-state index contributed by atoms with van der Waals surface area (Å²) in [5.41, 5.74) is 0. The summed E-state index contributed by atoms with van der Waals surface area (Å²) in [7, 11) is 0. The van der Waals surface area contributed by atoms with E-state index in [4.69, 9.17) is 0 Å². The van der Waals surface area contributed by atoms with Gasteiger partial charge in [-0.3, -0.25) is 0 Å². The van der Waals surface area contributed by atoms with E-state index in [1.165, 1.54) is 34.3 Å². The number of fused-ring (bicyclic) bond motifs is 1. The number of thiophene rings is 1. The van der Waals surface area contributed by atoms with Crippen LogP contribution in [0.1, 0.15) is 43.5 Å². The van der Waals surface area contributed by atoms with Gasteiger partial charge in [0.25, 0.3) is 0 Å². The third kappa shape index (κ3) is 2.34.